The summed E-state index contributed by atoms with van der Waals surface area (Å²) in [5.74, 6) is 0.903. The largest absolute Gasteiger partial charge is 0.329 e. The fourth-order valence-electron chi connectivity index (χ4n) is 3.42. The zero-order valence-corrected chi connectivity index (χ0v) is 13.3. The van der Waals surface area contributed by atoms with Crippen molar-refractivity contribution in [2.45, 2.75) is 58.0 Å². The van der Waals surface area contributed by atoms with Crippen LogP contribution in [0.25, 0.3) is 0 Å². The highest BCUT2D eigenvalue weighted by molar-refractivity contribution is 5.25. The quantitative estimate of drug-likeness (QED) is 0.886. The average molecular weight is 274 g/mol. The van der Waals surface area contributed by atoms with Gasteiger partial charge in [-0.05, 0) is 56.2 Å². The highest BCUT2D eigenvalue weighted by Crippen LogP contribution is 2.31. The maximum Gasteiger partial charge on any atom is 0.0470 e. The minimum Gasteiger partial charge on any atom is -0.329 e. The van der Waals surface area contributed by atoms with Crippen LogP contribution in [0, 0.1) is 5.92 Å². The van der Waals surface area contributed by atoms with E-state index in [1.807, 2.05) is 0 Å². The van der Waals surface area contributed by atoms with Gasteiger partial charge in [0, 0.05) is 18.6 Å². The predicted octanol–water partition coefficient (Wildman–Crippen LogP) is 3.76. The molecule has 1 saturated carbocycles. The van der Waals surface area contributed by atoms with Crippen molar-refractivity contribution in [1.29, 1.82) is 0 Å². The number of aryl methyl sites for hydroxylation is 1. The standard InChI is InChI=1S/C18H30N2/c1-4-15-7-9-16(10-8-15)18(13-19)20(3)17-11-5-14(2)6-12-17/h7-10,14,17-18H,4-6,11-13,19H2,1-3H3. The fourth-order valence-corrected chi connectivity index (χ4v) is 3.42. The molecule has 112 valence electrons. The molecule has 2 nitrogen and oxygen atoms in total. The van der Waals surface area contributed by atoms with Gasteiger partial charge in [0.1, 0.15) is 0 Å². The van der Waals surface area contributed by atoms with Crippen LogP contribution in [0.5, 0.6) is 0 Å². The molecule has 1 aliphatic rings. The van der Waals surface area contributed by atoms with Crippen LogP contribution in [0.15, 0.2) is 24.3 Å². The van der Waals surface area contributed by atoms with E-state index in [-0.39, 0.29) is 0 Å². The lowest BCUT2D eigenvalue weighted by molar-refractivity contribution is 0.126. The number of benzene rings is 1. The first-order valence-corrected chi connectivity index (χ1v) is 8.16. The molecule has 2 heteroatoms. The maximum atomic E-state index is 6.07. The number of hydrogen-bond acceptors (Lipinski definition) is 2. The molecular weight excluding hydrogens is 244 g/mol. The maximum absolute atomic E-state index is 6.07. The van der Waals surface area contributed by atoms with Gasteiger partial charge in [-0.3, -0.25) is 4.90 Å². The molecule has 0 amide bonds. The van der Waals surface area contributed by atoms with E-state index in [2.05, 4.69) is 50.1 Å². The van der Waals surface area contributed by atoms with Crippen LogP contribution in [-0.4, -0.2) is 24.5 Å². The van der Waals surface area contributed by atoms with Crippen molar-refractivity contribution in [3.63, 3.8) is 0 Å². The third-order valence-electron chi connectivity index (χ3n) is 5.05. The second kappa shape index (κ2) is 7.24. The Labute approximate surface area is 124 Å². The summed E-state index contributed by atoms with van der Waals surface area (Å²) >= 11 is 0. The molecule has 0 spiro atoms. The Bertz CT molecular complexity index is 390. The number of nitrogens with zero attached hydrogens (tertiary/aromatic N) is 1. The van der Waals surface area contributed by atoms with E-state index in [4.69, 9.17) is 5.73 Å². The molecule has 20 heavy (non-hydrogen) atoms. The second-order valence-electron chi connectivity index (χ2n) is 6.43. The molecule has 0 saturated heterocycles. The molecule has 1 aliphatic carbocycles. The number of likely N-dealkylation sites (N-methyl/N-ethyl adjacent to an activating group) is 1. The van der Waals surface area contributed by atoms with Gasteiger partial charge in [-0.25, -0.2) is 0 Å². The molecular formula is C18H30N2. The van der Waals surface area contributed by atoms with E-state index in [0.29, 0.717) is 18.6 Å². The van der Waals surface area contributed by atoms with E-state index in [1.54, 1.807) is 0 Å². The molecule has 0 heterocycles. The molecule has 0 aromatic heterocycles. The van der Waals surface area contributed by atoms with Crippen molar-refractivity contribution >= 4 is 0 Å². The summed E-state index contributed by atoms with van der Waals surface area (Å²) in [5.41, 5.74) is 8.84. The summed E-state index contributed by atoms with van der Waals surface area (Å²) in [7, 11) is 2.26. The zero-order chi connectivity index (χ0) is 14.5. The fraction of sp³-hybridized carbons (Fsp3) is 0.667. The van der Waals surface area contributed by atoms with Crippen LogP contribution in [0.2, 0.25) is 0 Å². The Hall–Kier alpha value is -0.860. The summed E-state index contributed by atoms with van der Waals surface area (Å²) in [4.78, 5) is 2.52. The van der Waals surface area contributed by atoms with Gasteiger partial charge in [-0.15, -0.1) is 0 Å². The summed E-state index contributed by atoms with van der Waals surface area (Å²) < 4.78 is 0. The van der Waals surface area contributed by atoms with Crippen LogP contribution >= 0.6 is 0 Å². The highest BCUT2D eigenvalue weighted by Gasteiger charge is 2.26. The molecule has 0 bridgehead atoms. The van der Waals surface area contributed by atoms with E-state index in [0.717, 1.165) is 12.3 Å². The van der Waals surface area contributed by atoms with Crippen LogP contribution < -0.4 is 5.73 Å². The SMILES string of the molecule is CCc1ccc(C(CN)N(C)C2CCC(C)CC2)cc1. The Morgan fingerprint density at radius 3 is 2.25 bits per heavy atom. The Balaban J connectivity index is 2.06. The first kappa shape index (κ1) is 15.5. The lowest BCUT2D eigenvalue weighted by atomic mass is 9.86. The molecule has 1 aromatic rings. The van der Waals surface area contributed by atoms with Gasteiger partial charge in [0.15, 0.2) is 0 Å². The van der Waals surface area contributed by atoms with Crippen LogP contribution in [0.4, 0.5) is 0 Å². The highest BCUT2D eigenvalue weighted by atomic mass is 15.2. The van der Waals surface area contributed by atoms with E-state index in [1.165, 1.54) is 36.8 Å². The molecule has 1 aromatic carbocycles. The average Bonchev–Trinajstić information content (AvgIpc) is 2.49. The first-order chi connectivity index (χ1) is 9.65. The first-order valence-electron chi connectivity index (χ1n) is 8.16. The molecule has 1 fully saturated rings. The smallest absolute Gasteiger partial charge is 0.0470 e. The molecule has 1 unspecified atom stereocenters. The van der Waals surface area contributed by atoms with Crippen LogP contribution in [0.1, 0.15) is 56.7 Å². The molecule has 0 radical (unpaired) electrons. The van der Waals surface area contributed by atoms with Gasteiger partial charge in [-0.2, -0.15) is 0 Å². The van der Waals surface area contributed by atoms with Crippen molar-refractivity contribution in [2.24, 2.45) is 11.7 Å². The zero-order valence-electron chi connectivity index (χ0n) is 13.3. The number of nitrogens with two attached hydrogens (primary N) is 1. The number of rotatable bonds is 5. The Morgan fingerprint density at radius 2 is 1.75 bits per heavy atom. The Kier molecular flexibility index (Phi) is 5.62. The van der Waals surface area contributed by atoms with E-state index < -0.39 is 0 Å². The third-order valence-corrected chi connectivity index (χ3v) is 5.05. The van der Waals surface area contributed by atoms with Crippen molar-refractivity contribution in [1.82, 2.24) is 4.90 Å². The minimum atomic E-state index is 0.360. The summed E-state index contributed by atoms with van der Waals surface area (Å²) in [6.07, 6.45) is 6.47. The third kappa shape index (κ3) is 3.62. The summed E-state index contributed by atoms with van der Waals surface area (Å²) in [6.45, 7) is 5.28. The van der Waals surface area contributed by atoms with Gasteiger partial charge in [-0.1, -0.05) is 38.1 Å². The summed E-state index contributed by atoms with van der Waals surface area (Å²) in [6, 6.07) is 10.1. The lowest BCUT2D eigenvalue weighted by Gasteiger charge is -2.38. The van der Waals surface area contributed by atoms with Crippen LogP contribution in [-0.2, 0) is 6.42 Å². The van der Waals surface area contributed by atoms with Crippen molar-refractivity contribution in [3.05, 3.63) is 35.4 Å². The van der Waals surface area contributed by atoms with Gasteiger partial charge in [0.25, 0.3) is 0 Å². The van der Waals surface area contributed by atoms with Gasteiger partial charge < -0.3 is 5.73 Å². The second-order valence-corrected chi connectivity index (χ2v) is 6.43. The van der Waals surface area contributed by atoms with Crippen molar-refractivity contribution < 1.29 is 0 Å². The lowest BCUT2D eigenvalue weighted by Crippen LogP contribution is -2.40. The Morgan fingerprint density at radius 1 is 1.15 bits per heavy atom. The van der Waals surface area contributed by atoms with Crippen molar-refractivity contribution in [3.8, 4) is 0 Å². The van der Waals surface area contributed by atoms with E-state index in [9.17, 15) is 0 Å². The van der Waals surface area contributed by atoms with Crippen molar-refractivity contribution in [2.75, 3.05) is 13.6 Å². The molecule has 0 aliphatic heterocycles. The van der Waals surface area contributed by atoms with Gasteiger partial charge in [0.2, 0.25) is 0 Å². The monoisotopic (exact) mass is 274 g/mol. The van der Waals surface area contributed by atoms with Gasteiger partial charge >= 0.3 is 0 Å². The molecule has 2 N–H and O–H groups in total. The topological polar surface area (TPSA) is 29.3 Å². The molecule has 1 atom stereocenters. The number of hydrogen-bond donors (Lipinski definition) is 1. The predicted molar refractivity (Wildman–Crippen MR) is 86.8 cm³/mol. The summed E-state index contributed by atoms with van der Waals surface area (Å²) in [5, 5.41) is 0. The molecule has 2 rings (SSSR count). The van der Waals surface area contributed by atoms with Gasteiger partial charge in [0.05, 0.1) is 0 Å². The normalized spacial score (nSPS) is 24.9. The van der Waals surface area contributed by atoms with Crippen LogP contribution in [0.3, 0.4) is 0 Å². The van der Waals surface area contributed by atoms with E-state index >= 15 is 0 Å². The minimum absolute atomic E-state index is 0.360.